The maximum atomic E-state index is 11.2. The van der Waals surface area contributed by atoms with E-state index in [0.29, 0.717) is 26.1 Å². The molecule has 0 spiro atoms. The Morgan fingerprint density at radius 3 is 2.87 bits per heavy atom. The second-order valence-electron chi connectivity index (χ2n) is 2.92. The summed E-state index contributed by atoms with van der Waals surface area (Å²) in [6.45, 7) is 0.761. The highest BCUT2D eigenvalue weighted by Gasteiger charge is 2.05. The molecule has 1 aromatic rings. The summed E-state index contributed by atoms with van der Waals surface area (Å²) in [6, 6.07) is 3.76. The minimum absolute atomic E-state index is 0.198. The van der Waals surface area contributed by atoms with Gasteiger partial charge in [-0.05, 0) is 18.6 Å². The van der Waals surface area contributed by atoms with Crippen LogP contribution in [0.25, 0.3) is 0 Å². The largest absolute Gasteiger partial charge is 0.463 e. The summed E-state index contributed by atoms with van der Waals surface area (Å²) in [4.78, 5) is 12.3. The maximum absolute atomic E-state index is 11.2. The first-order valence-corrected chi connectivity index (χ1v) is 5.80. The molecule has 0 radical (unpaired) electrons. The molecule has 0 atom stereocenters. The summed E-state index contributed by atoms with van der Waals surface area (Å²) in [5.41, 5.74) is 0. The SMILES string of the molecule is COCCOC(=O)CCc1ccc(Cl)s1. The molecule has 0 fully saturated rings. The summed E-state index contributed by atoms with van der Waals surface area (Å²) in [5.74, 6) is -0.198. The van der Waals surface area contributed by atoms with E-state index in [1.165, 1.54) is 11.3 Å². The van der Waals surface area contributed by atoms with Gasteiger partial charge >= 0.3 is 5.97 Å². The molecule has 0 aromatic carbocycles. The molecule has 1 rings (SSSR count). The van der Waals surface area contributed by atoms with E-state index in [2.05, 4.69) is 0 Å². The maximum Gasteiger partial charge on any atom is 0.306 e. The lowest BCUT2D eigenvalue weighted by molar-refractivity contribution is -0.144. The molecule has 0 aliphatic rings. The lowest BCUT2D eigenvalue weighted by Gasteiger charge is -2.02. The Morgan fingerprint density at radius 1 is 1.47 bits per heavy atom. The lowest BCUT2D eigenvalue weighted by Crippen LogP contribution is -2.09. The molecule has 0 amide bonds. The Balaban J connectivity index is 2.16. The molecular formula is C10H13ClO3S. The molecule has 0 bridgehead atoms. The van der Waals surface area contributed by atoms with Gasteiger partial charge in [0.15, 0.2) is 0 Å². The highest BCUT2D eigenvalue weighted by Crippen LogP contribution is 2.22. The second kappa shape index (κ2) is 6.82. The summed E-state index contributed by atoms with van der Waals surface area (Å²) < 4.78 is 10.4. The van der Waals surface area contributed by atoms with Crippen molar-refractivity contribution < 1.29 is 14.3 Å². The Hall–Kier alpha value is -0.580. The molecule has 15 heavy (non-hydrogen) atoms. The molecule has 5 heteroatoms. The monoisotopic (exact) mass is 248 g/mol. The van der Waals surface area contributed by atoms with Gasteiger partial charge in [-0.3, -0.25) is 4.79 Å². The van der Waals surface area contributed by atoms with E-state index >= 15 is 0 Å². The van der Waals surface area contributed by atoms with Crippen molar-refractivity contribution >= 4 is 28.9 Å². The third kappa shape index (κ3) is 5.16. The number of carbonyl (C=O) groups is 1. The van der Waals surface area contributed by atoms with Crippen LogP contribution in [0.15, 0.2) is 12.1 Å². The number of esters is 1. The van der Waals surface area contributed by atoms with Crippen LogP contribution in [0.3, 0.4) is 0 Å². The zero-order chi connectivity index (χ0) is 11.1. The minimum Gasteiger partial charge on any atom is -0.463 e. The number of thiophene rings is 1. The minimum atomic E-state index is -0.198. The van der Waals surface area contributed by atoms with Crippen LogP contribution in [0, 0.1) is 0 Å². The van der Waals surface area contributed by atoms with E-state index in [1.807, 2.05) is 12.1 Å². The molecule has 0 aliphatic carbocycles. The summed E-state index contributed by atoms with van der Waals surface area (Å²) in [5, 5.41) is 0. The Labute approximate surface area is 98.0 Å². The Kier molecular flexibility index (Phi) is 5.68. The topological polar surface area (TPSA) is 35.5 Å². The van der Waals surface area contributed by atoms with Gasteiger partial charge in [-0.25, -0.2) is 0 Å². The number of carbonyl (C=O) groups excluding carboxylic acids is 1. The highest BCUT2D eigenvalue weighted by atomic mass is 35.5. The summed E-state index contributed by atoms with van der Waals surface area (Å²) in [6.07, 6.45) is 1.07. The van der Waals surface area contributed by atoms with Crippen LogP contribution in [0.5, 0.6) is 0 Å². The molecule has 84 valence electrons. The number of ether oxygens (including phenoxy) is 2. The fourth-order valence-corrected chi connectivity index (χ4v) is 2.11. The fraction of sp³-hybridized carbons (Fsp3) is 0.500. The van der Waals surface area contributed by atoms with Crippen molar-refractivity contribution in [2.45, 2.75) is 12.8 Å². The van der Waals surface area contributed by atoms with Gasteiger partial charge in [0, 0.05) is 12.0 Å². The number of aryl methyl sites for hydroxylation is 1. The van der Waals surface area contributed by atoms with Crippen molar-refractivity contribution in [3.63, 3.8) is 0 Å². The van der Waals surface area contributed by atoms with Crippen molar-refractivity contribution in [3.05, 3.63) is 21.3 Å². The van der Waals surface area contributed by atoms with Crippen LogP contribution in [-0.2, 0) is 20.7 Å². The molecule has 3 nitrogen and oxygen atoms in total. The van der Waals surface area contributed by atoms with Crippen LogP contribution in [0.2, 0.25) is 4.34 Å². The van der Waals surface area contributed by atoms with Crippen LogP contribution in [0.1, 0.15) is 11.3 Å². The number of hydrogen-bond acceptors (Lipinski definition) is 4. The third-order valence-corrected chi connectivity index (χ3v) is 3.05. The van der Waals surface area contributed by atoms with Gasteiger partial charge in [-0.1, -0.05) is 11.6 Å². The summed E-state index contributed by atoms with van der Waals surface area (Å²) in [7, 11) is 1.57. The first-order valence-electron chi connectivity index (χ1n) is 4.61. The van der Waals surface area contributed by atoms with Crippen LogP contribution in [0.4, 0.5) is 0 Å². The molecule has 0 aliphatic heterocycles. The van der Waals surface area contributed by atoms with Crippen molar-refractivity contribution in [3.8, 4) is 0 Å². The number of hydrogen-bond donors (Lipinski definition) is 0. The van der Waals surface area contributed by atoms with Gasteiger partial charge in [0.1, 0.15) is 6.61 Å². The van der Waals surface area contributed by atoms with Crippen molar-refractivity contribution in [2.24, 2.45) is 0 Å². The van der Waals surface area contributed by atoms with E-state index in [9.17, 15) is 4.79 Å². The van der Waals surface area contributed by atoms with Crippen LogP contribution in [-0.4, -0.2) is 26.3 Å². The zero-order valence-electron chi connectivity index (χ0n) is 8.49. The Morgan fingerprint density at radius 2 is 2.27 bits per heavy atom. The molecule has 0 saturated heterocycles. The zero-order valence-corrected chi connectivity index (χ0v) is 10.1. The van der Waals surface area contributed by atoms with Gasteiger partial charge in [-0.2, -0.15) is 0 Å². The second-order valence-corrected chi connectivity index (χ2v) is 4.72. The van der Waals surface area contributed by atoms with Crippen molar-refractivity contribution in [1.29, 1.82) is 0 Å². The number of methoxy groups -OCH3 is 1. The average Bonchev–Trinajstić information content (AvgIpc) is 2.62. The van der Waals surface area contributed by atoms with Crippen LogP contribution >= 0.6 is 22.9 Å². The van der Waals surface area contributed by atoms with E-state index < -0.39 is 0 Å². The fourth-order valence-electron chi connectivity index (χ4n) is 1.02. The van der Waals surface area contributed by atoms with Crippen LogP contribution < -0.4 is 0 Å². The van der Waals surface area contributed by atoms with E-state index in [4.69, 9.17) is 21.1 Å². The summed E-state index contributed by atoms with van der Waals surface area (Å²) >= 11 is 7.25. The van der Waals surface area contributed by atoms with Gasteiger partial charge in [0.25, 0.3) is 0 Å². The molecule has 0 unspecified atom stereocenters. The standard InChI is InChI=1S/C10H13ClO3S/c1-13-6-7-14-10(12)5-3-8-2-4-9(11)15-8/h2,4H,3,5-7H2,1H3. The molecule has 1 heterocycles. The van der Waals surface area contributed by atoms with Crippen molar-refractivity contribution in [1.82, 2.24) is 0 Å². The third-order valence-electron chi connectivity index (χ3n) is 1.75. The lowest BCUT2D eigenvalue weighted by atomic mass is 10.3. The first kappa shape index (κ1) is 12.5. The van der Waals surface area contributed by atoms with E-state index in [-0.39, 0.29) is 5.97 Å². The highest BCUT2D eigenvalue weighted by molar-refractivity contribution is 7.16. The predicted molar refractivity (Wildman–Crippen MR) is 60.5 cm³/mol. The van der Waals surface area contributed by atoms with E-state index in [1.54, 1.807) is 7.11 Å². The Bertz CT molecular complexity index is 311. The number of rotatable bonds is 6. The normalized spacial score (nSPS) is 10.3. The quantitative estimate of drug-likeness (QED) is 0.573. The first-order chi connectivity index (χ1) is 7.22. The molecule has 0 N–H and O–H groups in total. The van der Waals surface area contributed by atoms with Gasteiger partial charge in [0.05, 0.1) is 17.4 Å². The average molecular weight is 249 g/mol. The molecular weight excluding hydrogens is 236 g/mol. The number of halogens is 1. The molecule has 0 saturated carbocycles. The van der Waals surface area contributed by atoms with Gasteiger partial charge in [0.2, 0.25) is 0 Å². The van der Waals surface area contributed by atoms with E-state index in [0.717, 1.165) is 9.21 Å². The molecule has 1 aromatic heterocycles. The van der Waals surface area contributed by atoms with Gasteiger partial charge < -0.3 is 9.47 Å². The van der Waals surface area contributed by atoms with Crippen molar-refractivity contribution in [2.75, 3.05) is 20.3 Å². The smallest absolute Gasteiger partial charge is 0.306 e. The predicted octanol–water partition coefficient (Wildman–Crippen LogP) is 2.52. The van der Waals surface area contributed by atoms with Gasteiger partial charge in [-0.15, -0.1) is 11.3 Å².